The van der Waals surface area contributed by atoms with Crippen molar-refractivity contribution in [3.8, 4) is 0 Å². The highest BCUT2D eigenvalue weighted by Gasteiger charge is 2.36. The lowest BCUT2D eigenvalue weighted by Gasteiger charge is -2.32. The number of halogens is 1. The van der Waals surface area contributed by atoms with Crippen LogP contribution in [-0.4, -0.2) is 47.3 Å². The third-order valence-corrected chi connectivity index (χ3v) is 7.48. The van der Waals surface area contributed by atoms with Gasteiger partial charge >= 0.3 is 0 Å². The molecule has 1 saturated heterocycles. The van der Waals surface area contributed by atoms with Crippen molar-refractivity contribution in [3.05, 3.63) is 11.5 Å². The van der Waals surface area contributed by atoms with Gasteiger partial charge in [0, 0.05) is 26.2 Å². The summed E-state index contributed by atoms with van der Waals surface area (Å²) in [4.78, 5) is 16.5. The summed E-state index contributed by atoms with van der Waals surface area (Å²) in [6.45, 7) is 0.580. The standard InChI is InChI=1S/C16H25ClN4O3S/c1-20-11-18-16(14(20)17)25(23,24)21-9-5-6-12(10-21)15(22)19-13-7-3-2-4-8-13/h11-13H,2-10H2,1H3,(H,19,22)/t12-/m0/s1. The SMILES string of the molecule is Cn1cnc(S(=O)(=O)N2CCC[C@H](C(=O)NC3CCCCC3)C2)c1Cl. The van der Waals surface area contributed by atoms with Gasteiger partial charge in [-0.05, 0) is 25.7 Å². The van der Waals surface area contributed by atoms with Crippen LogP contribution < -0.4 is 5.32 Å². The van der Waals surface area contributed by atoms with Crippen LogP contribution in [0.4, 0.5) is 0 Å². The number of nitrogens with zero attached hydrogens (tertiary/aromatic N) is 3. The van der Waals surface area contributed by atoms with Crippen LogP contribution in [0.1, 0.15) is 44.9 Å². The Hall–Kier alpha value is -1.12. The Kier molecular flexibility index (Phi) is 5.70. The van der Waals surface area contributed by atoms with Crippen LogP contribution in [0.25, 0.3) is 0 Å². The van der Waals surface area contributed by atoms with E-state index < -0.39 is 10.0 Å². The molecule has 1 saturated carbocycles. The average Bonchev–Trinajstić information content (AvgIpc) is 2.95. The molecule has 0 aromatic carbocycles. The van der Waals surface area contributed by atoms with Crippen LogP contribution in [0.5, 0.6) is 0 Å². The average molecular weight is 389 g/mol. The predicted octanol–water partition coefficient (Wildman–Crippen LogP) is 1.92. The molecule has 2 heterocycles. The first-order chi connectivity index (χ1) is 11.9. The summed E-state index contributed by atoms with van der Waals surface area (Å²) in [5, 5.41) is 3.07. The van der Waals surface area contributed by atoms with Gasteiger partial charge in [-0.15, -0.1) is 0 Å². The number of imidazole rings is 1. The summed E-state index contributed by atoms with van der Waals surface area (Å²) in [6, 6.07) is 0.235. The molecule has 1 N–H and O–H groups in total. The van der Waals surface area contributed by atoms with Gasteiger partial charge in [0.15, 0.2) is 0 Å². The number of sulfonamides is 1. The minimum atomic E-state index is -3.78. The molecule has 2 aliphatic rings. The zero-order valence-corrected chi connectivity index (χ0v) is 16.0. The summed E-state index contributed by atoms with van der Waals surface area (Å²) < 4.78 is 28.4. The number of carbonyl (C=O) groups is 1. The Morgan fingerprint density at radius 1 is 1.24 bits per heavy atom. The van der Waals surface area contributed by atoms with Gasteiger partial charge in [0.25, 0.3) is 10.0 Å². The van der Waals surface area contributed by atoms with Crippen molar-refractivity contribution in [2.24, 2.45) is 13.0 Å². The van der Waals surface area contributed by atoms with Crippen LogP contribution in [-0.2, 0) is 21.9 Å². The molecule has 0 spiro atoms. The maximum absolute atomic E-state index is 12.8. The Bertz CT molecular complexity index is 728. The smallest absolute Gasteiger partial charge is 0.263 e. The van der Waals surface area contributed by atoms with Gasteiger partial charge in [-0.3, -0.25) is 4.79 Å². The number of aryl methyl sites for hydroxylation is 1. The molecule has 1 aromatic rings. The highest BCUT2D eigenvalue weighted by Crippen LogP contribution is 2.27. The molecule has 0 radical (unpaired) electrons. The fraction of sp³-hybridized carbons (Fsp3) is 0.750. The normalized spacial score (nSPS) is 23.5. The molecule has 1 atom stereocenters. The molecular formula is C16H25ClN4O3S. The lowest BCUT2D eigenvalue weighted by molar-refractivity contribution is -0.127. The third-order valence-electron chi connectivity index (χ3n) is 5.13. The first-order valence-electron chi connectivity index (χ1n) is 8.87. The van der Waals surface area contributed by atoms with E-state index in [0.29, 0.717) is 19.4 Å². The Labute approximate surface area is 153 Å². The summed E-state index contributed by atoms with van der Waals surface area (Å²) in [6.07, 6.45) is 8.31. The summed E-state index contributed by atoms with van der Waals surface area (Å²) >= 11 is 6.06. The Morgan fingerprint density at radius 2 is 1.96 bits per heavy atom. The maximum Gasteiger partial charge on any atom is 0.263 e. The van der Waals surface area contributed by atoms with Crippen molar-refractivity contribution in [2.75, 3.05) is 13.1 Å². The lowest BCUT2D eigenvalue weighted by atomic mass is 9.93. The van der Waals surface area contributed by atoms with Gasteiger partial charge in [0.1, 0.15) is 5.15 Å². The predicted molar refractivity (Wildman–Crippen MR) is 94.7 cm³/mol. The Morgan fingerprint density at radius 3 is 2.60 bits per heavy atom. The van der Waals surface area contributed by atoms with E-state index in [0.717, 1.165) is 25.7 Å². The van der Waals surface area contributed by atoms with Gasteiger partial charge in [-0.1, -0.05) is 30.9 Å². The van der Waals surface area contributed by atoms with Crippen LogP contribution in [0, 0.1) is 5.92 Å². The first kappa shape index (κ1) is 18.7. The third kappa shape index (κ3) is 4.01. The van der Waals surface area contributed by atoms with Gasteiger partial charge in [0.05, 0.1) is 12.2 Å². The number of hydrogen-bond donors (Lipinski definition) is 1. The Balaban J connectivity index is 1.68. The molecule has 1 aliphatic heterocycles. The highest BCUT2D eigenvalue weighted by molar-refractivity contribution is 7.89. The summed E-state index contributed by atoms with van der Waals surface area (Å²) in [5.41, 5.74) is 0. The molecule has 2 fully saturated rings. The van der Waals surface area contributed by atoms with Crippen molar-refractivity contribution in [2.45, 2.75) is 56.0 Å². The first-order valence-corrected chi connectivity index (χ1v) is 10.7. The summed E-state index contributed by atoms with van der Waals surface area (Å²) in [5.74, 6) is -0.341. The highest BCUT2D eigenvalue weighted by atomic mass is 35.5. The maximum atomic E-state index is 12.8. The minimum Gasteiger partial charge on any atom is -0.353 e. The molecule has 7 nitrogen and oxygen atoms in total. The zero-order valence-electron chi connectivity index (χ0n) is 14.4. The van der Waals surface area contributed by atoms with Gasteiger partial charge in [-0.25, -0.2) is 13.4 Å². The van der Waals surface area contributed by atoms with Gasteiger partial charge in [-0.2, -0.15) is 4.31 Å². The second-order valence-electron chi connectivity index (χ2n) is 7.00. The van der Waals surface area contributed by atoms with Crippen LogP contribution >= 0.6 is 11.6 Å². The number of amides is 1. The van der Waals surface area contributed by atoms with E-state index in [4.69, 9.17) is 11.6 Å². The number of hydrogen-bond acceptors (Lipinski definition) is 4. The number of carbonyl (C=O) groups excluding carboxylic acids is 1. The molecule has 1 aromatic heterocycles. The fourth-order valence-electron chi connectivity index (χ4n) is 3.63. The van der Waals surface area contributed by atoms with E-state index in [2.05, 4.69) is 10.3 Å². The number of rotatable bonds is 4. The van der Waals surface area contributed by atoms with E-state index in [-0.39, 0.29) is 34.6 Å². The van der Waals surface area contributed by atoms with Crippen LogP contribution in [0.3, 0.4) is 0 Å². The van der Waals surface area contributed by atoms with Crippen molar-refractivity contribution in [1.29, 1.82) is 0 Å². The monoisotopic (exact) mass is 388 g/mol. The van der Waals surface area contributed by atoms with E-state index in [9.17, 15) is 13.2 Å². The van der Waals surface area contributed by atoms with Crippen LogP contribution in [0.15, 0.2) is 11.4 Å². The van der Waals surface area contributed by atoms with Gasteiger partial charge < -0.3 is 9.88 Å². The minimum absolute atomic E-state index is 0.0288. The van der Waals surface area contributed by atoms with Gasteiger partial charge in [0.2, 0.25) is 10.9 Å². The quantitative estimate of drug-likeness (QED) is 0.854. The van der Waals surface area contributed by atoms with E-state index in [1.54, 1.807) is 7.05 Å². The van der Waals surface area contributed by atoms with Crippen molar-refractivity contribution >= 4 is 27.5 Å². The molecule has 9 heteroatoms. The molecule has 25 heavy (non-hydrogen) atoms. The molecule has 140 valence electrons. The number of piperidine rings is 1. The summed E-state index contributed by atoms with van der Waals surface area (Å²) in [7, 11) is -2.14. The lowest BCUT2D eigenvalue weighted by Crippen LogP contribution is -2.47. The molecule has 3 rings (SSSR count). The zero-order chi connectivity index (χ0) is 18.0. The molecule has 0 unspecified atom stereocenters. The topological polar surface area (TPSA) is 84.3 Å². The van der Waals surface area contributed by atoms with E-state index in [1.807, 2.05) is 0 Å². The van der Waals surface area contributed by atoms with E-state index in [1.165, 1.54) is 21.6 Å². The van der Waals surface area contributed by atoms with Crippen molar-refractivity contribution in [3.63, 3.8) is 0 Å². The molecule has 1 aliphatic carbocycles. The molecule has 1 amide bonds. The largest absolute Gasteiger partial charge is 0.353 e. The van der Waals surface area contributed by atoms with Crippen molar-refractivity contribution < 1.29 is 13.2 Å². The number of nitrogens with one attached hydrogen (secondary N) is 1. The second kappa shape index (κ2) is 7.63. The fourth-order valence-corrected chi connectivity index (χ4v) is 5.54. The van der Waals surface area contributed by atoms with Crippen molar-refractivity contribution in [1.82, 2.24) is 19.2 Å². The van der Waals surface area contributed by atoms with E-state index >= 15 is 0 Å². The molecule has 0 bridgehead atoms. The molecular weight excluding hydrogens is 364 g/mol. The number of aromatic nitrogens is 2. The second-order valence-corrected chi connectivity index (χ2v) is 9.21. The van der Waals surface area contributed by atoms with Crippen LogP contribution in [0.2, 0.25) is 5.15 Å².